The maximum absolute atomic E-state index is 11.0. The number of unbranched alkanes of at least 4 members (excludes halogenated alkanes) is 1. The number of terminal acetylenes is 1. The highest BCUT2D eigenvalue weighted by Crippen LogP contribution is 2.06. The van der Waals surface area contributed by atoms with Crippen LogP contribution in [0.5, 0.6) is 0 Å². The third-order valence-corrected chi connectivity index (χ3v) is 1.12. The van der Waals surface area contributed by atoms with Crippen molar-refractivity contribution in [3.8, 4) is 12.3 Å². The highest BCUT2D eigenvalue weighted by atomic mass is 16.7. The lowest BCUT2D eigenvalue weighted by molar-refractivity contribution is -0.00798. The van der Waals surface area contributed by atoms with E-state index in [4.69, 9.17) is 16.0 Å². The van der Waals surface area contributed by atoms with Gasteiger partial charge < -0.3 is 4.74 Å². The molecule has 0 aromatic rings. The number of nitrogens with one attached hydrogen (secondary N) is 1. The number of rotatable bonds is 4. The molecule has 14 heavy (non-hydrogen) atoms. The molecule has 0 unspecified atom stereocenters. The van der Waals surface area contributed by atoms with Crippen LogP contribution in [0.1, 0.15) is 33.6 Å². The minimum absolute atomic E-state index is 0.392. The molecule has 1 N–H and O–H groups in total. The second-order valence-corrected chi connectivity index (χ2v) is 3.76. The Bertz CT molecular complexity index is 212. The Morgan fingerprint density at radius 1 is 1.50 bits per heavy atom. The Hall–Kier alpha value is -1.21. The second-order valence-electron chi connectivity index (χ2n) is 3.76. The fourth-order valence-electron chi connectivity index (χ4n) is 0.655. The highest BCUT2D eigenvalue weighted by Gasteiger charge is 2.15. The first-order chi connectivity index (χ1) is 6.45. The topological polar surface area (TPSA) is 47.6 Å². The Kier molecular flexibility index (Phi) is 5.73. The molecule has 0 heterocycles. The zero-order valence-corrected chi connectivity index (χ0v) is 8.92. The van der Waals surface area contributed by atoms with Crippen LogP contribution in [0, 0.1) is 12.3 Å². The van der Waals surface area contributed by atoms with E-state index in [1.807, 2.05) is 0 Å². The molecular formula is C10H17NO3. The van der Waals surface area contributed by atoms with Gasteiger partial charge in [0, 0.05) is 6.42 Å². The molecule has 0 rings (SSSR count). The van der Waals surface area contributed by atoms with Gasteiger partial charge in [0.05, 0.1) is 6.61 Å². The van der Waals surface area contributed by atoms with E-state index in [-0.39, 0.29) is 0 Å². The molecule has 0 aliphatic heterocycles. The largest absolute Gasteiger partial charge is 0.442 e. The van der Waals surface area contributed by atoms with Crippen LogP contribution in [-0.2, 0) is 9.57 Å². The van der Waals surface area contributed by atoms with Crippen LogP contribution < -0.4 is 5.48 Å². The molecule has 80 valence electrons. The SMILES string of the molecule is C#CCCCONC(=O)OC(C)(C)C. The zero-order chi connectivity index (χ0) is 11.0. The van der Waals surface area contributed by atoms with Gasteiger partial charge in [-0.15, -0.1) is 12.3 Å². The van der Waals surface area contributed by atoms with E-state index in [2.05, 4.69) is 11.4 Å². The smallest absolute Gasteiger partial charge is 0.431 e. The van der Waals surface area contributed by atoms with E-state index in [9.17, 15) is 4.79 Å². The highest BCUT2D eigenvalue weighted by molar-refractivity contribution is 5.66. The summed E-state index contributed by atoms with van der Waals surface area (Å²) in [7, 11) is 0. The fourth-order valence-corrected chi connectivity index (χ4v) is 0.655. The van der Waals surface area contributed by atoms with E-state index in [1.165, 1.54) is 0 Å². The van der Waals surface area contributed by atoms with E-state index in [0.29, 0.717) is 19.4 Å². The number of carbonyl (C=O) groups is 1. The van der Waals surface area contributed by atoms with Gasteiger partial charge in [0.2, 0.25) is 0 Å². The molecule has 0 saturated carbocycles. The minimum Gasteiger partial charge on any atom is -0.442 e. The predicted octanol–water partition coefficient (Wildman–Crippen LogP) is 1.86. The summed E-state index contributed by atoms with van der Waals surface area (Å²) in [6.07, 6.45) is 5.80. The van der Waals surface area contributed by atoms with Gasteiger partial charge in [0.1, 0.15) is 5.60 Å². The van der Waals surface area contributed by atoms with Crippen LogP contribution in [-0.4, -0.2) is 18.3 Å². The average Bonchev–Trinajstić information content (AvgIpc) is 2.00. The summed E-state index contributed by atoms with van der Waals surface area (Å²) in [6.45, 7) is 5.74. The number of hydrogen-bond acceptors (Lipinski definition) is 3. The summed E-state index contributed by atoms with van der Waals surface area (Å²) in [5.74, 6) is 2.47. The Balaban J connectivity index is 3.42. The van der Waals surface area contributed by atoms with Crippen LogP contribution in [0.3, 0.4) is 0 Å². The first kappa shape index (κ1) is 12.8. The molecule has 0 atom stereocenters. The quantitative estimate of drug-likeness (QED) is 0.427. The first-order valence-electron chi connectivity index (χ1n) is 4.50. The molecule has 4 heteroatoms. The number of amides is 1. The number of hydroxylamine groups is 1. The van der Waals surface area contributed by atoms with E-state index >= 15 is 0 Å². The Morgan fingerprint density at radius 3 is 2.64 bits per heavy atom. The van der Waals surface area contributed by atoms with E-state index in [0.717, 1.165) is 0 Å². The molecule has 0 bridgehead atoms. The van der Waals surface area contributed by atoms with Crippen molar-refractivity contribution in [2.45, 2.75) is 39.2 Å². The van der Waals surface area contributed by atoms with E-state index in [1.54, 1.807) is 20.8 Å². The van der Waals surface area contributed by atoms with Gasteiger partial charge in [-0.2, -0.15) is 5.48 Å². The molecule has 1 amide bonds. The van der Waals surface area contributed by atoms with Crippen LogP contribution in [0.15, 0.2) is 0 Å². The lowest BCUT2D eigenvalue weighted by atomic mass is 10.2. The number of hydrogen-bond donors (Lipinski definition) is 1. The molecular weight excluding hydrogens is 182 g/mol. The van der Waals surface area contributed by atoms with Crippen LogP contribution >= 0.6 is 0 Å². The molecule has 0 saturated heterocycles. The van der Waals surface area contributed by atoms with Crippen LogP contribution in [0.4, 0.5) is 4.79 Å². The molecule has 0 aromatic heterocycles. The van der Waals surface area contributed by atoms with Crippen molar-refractivity contribution in [3.05, 3.63) is 0 Å². The summed E-state index contributed by atoms with van der Waals surface area (Å²) >= 11 is 0. The maximum atomic E-state index is 11.0. The summed E-state index contributed by atoms with van der Waals surface area (Å²) < 4.78 is 4.93. The second kappa shape index (κ2) is 6.28. The fraction of sp³-hybridized carbons (Fsp3) is 0.700. The van der Waals surface area contributed by atoms with Crippen molar-refractivity contribution in [3.63, 3.8) is 0 Å². The molecule has 0 spiro atoms. The normalized spacial score (nSPS) is 10.4. The minimum atomic E-state index is -0.585. The summed E-state index contributed by atoms with van der Waals surface area (Å²) in [5.41, 5.74) is 1.66. The van der Waals surface area contributed by atoms with Gasteiger partial charge in [-0.3, -0.25) is 4.84 Å². The van der Waals surface area contributed by atoms with E-state index < -0.39 is 11.7 Å². The number of carbonyl (C=O) groups excluding carboxylic acids is 1. The monoisotopic (exact) mass is 199 g/mol. The standard InChI is InChI=1S/C10H17NO3/c1-5-6-7-8-13-11-9(12)14-10(2,3)4/h1H,6-8H2,2-4H3,(H,11,12). The van der Waals surface area contributed by atoms with Crippen molar-refractivity contribution in [1.82, 2.24) is 5.48 Å². The van der Waals surface area contributed by atoms with Crippen molar-refractivity contribution in [2.75, 3.05) is 6.61 Å². The van der Waals surface area contributed by atoms with Crippen molar-refractivity contribution < 1.29 is 14.4 Å². The zero-order valence-electron chi connectivity index (χ0n) is 8.92. The lowest BCUT2D eigenvalue weighted by Crippen LogP contribution is -2.32. The number of ether oxygens (including phenoxy) is 1. The summed E-state index contributed by atoms with van der Waals surface area (Å²) in [4.78, 5) is 15.8. The van der Waals surface area contributed by atoms with Gasteiger partial charge in [0.25, 0.3) is 0 Å². The van der Waals surface area contributed by atoms with Gasteiger partial charge >= 0.3 is 6.09 Å². The molecule has 0 radical (unpaired) electrons. The van der Waals surface area contributed by atoms with Gasteiger partial charge in [-0.1, -0.05) is 0 Å². The van der Waals surface area contributed by atoms with Crippen molar-refractivity contribution in [1.29, 1.82) is 0 Å². The van der Waals surface area contributed by atoms with Crippen LogP contribution in [0.2, 0.25) is 0 Å². The molecule has 0 aliphatic rings. The van der Waals surface area contributed by atoms with Gasteiger partial charge in [-0.05, 0) is 27.2 Å². The maximum Gasteiger partial charge on any atom is 0.431 e. The summed E-state index contributed by atoms with van der Waals surface area (Å²) in [6, 6.07) is 0. The summed E-state index contributed by atoms with van der Waals surface area (Å²) in [5, 5.41) is 0. The van der Waals surface area contributed by atoms with Crippen molar-refractivity contribution >= 4 is 6.09 Å². The van der Waals surface area contributed by atoms with Gasteiger partial charge in [-0.25, -0.2) is 4.79 Å². The molecule has 4 nitrogen and oxygen atoms in total. The first-order valence-corrected chi connectivity index (χ1v) is 4.50. The third kappa shape index (κ3) is 8.88. The molecule has 0 aliphatic carbocycles. The van der Waals surface area contributed by atoms with Crippen LogP contribution in [0.25, 0.3) is 0 Å². The average molecular weight is 199 g/mol. The van der Waals surface area contributed by atoms with Crippen molar-refractivity contribution in [2.24, 2.45) is 0 Å². The van der Waals surface area contributed by atoms with Gasteiger partial charge in [0.15, 0.2) is 0 Å². The molecule has 0 aromatic carbocycles. The Labute approximate surface area is 84.9 Å². The lowest BCUT2D eigenvalue weighted by Gasteiger charge is -2.19. The third-order valence-electron chi connectivity index (χ3n) is 1.12. The predicted molar refractivity (Wildman–Crippen MR) is 53.4 cm³/mol. The Morgan fingerprint density at radius 2 is 2.14 bits per heavy atom. The molecule has 0 fully saturated rings.